The fourth-order valence-corrected chi connectivity index (χ4v) is 1.95. The standard InChI is InChI=1S/C15H25NO/c1-11(2)16-10-13(4)9-14-8-12(3)6-7-15(14)17-5/h6-8,11,13,16H,9-10H2,1-5H3. The van der Waals surface area contributed by atoms with Gasteiger partial charge in [-0.05, 0) is 37.4 Å². The van der Waals surface area contributed by atoms with Crippen LogP contribution in [-0.4, -0.2) is 19.7 Å². The van der Waals surface area contributed by atoms with Crippen LogP contribution in [0.1, 0.15) is 31.9 Å². The molecule has 1 N–H and O–H groups in total. The van der Waals surface area contributed by atoms with E-state index >= 15 is 0 Å². The lowest BCUT2D eigenvalue weighted by Crippen LogP contribution is -2.28. The highest BCUT2D eigenvalue weighted by Gasteiger charge is 2.09. The summed E-state index contributed by atoms with van der Waals surface area (Å²) in [6, 6.07) is 6.94. The molecule has 0 fully saturated rings. The van der Waals surface area contributed by atoms with Crippen molar-refractivity contribution in [1.82, 2.24) is 5.32 Å². The first-order valence-electron chi connectivity index (χ1n) is 6.39. The number of ether oxygens (including phenoxy) is 1. The predicted molar refractivity (Wildman–Crippen MR) is 73.7 cm³/mol. The Kier molecular flexibility index (Phi) is 5.49. The van der Waals surface area contributed by atoms with E-state index in [0.717, 1.165) is 18.7 Å². The highest BCUT2D eigenvalue weighted by atomic mass is 16.5. The van der Waals surface area contributed by atoms with Crippen LogP contribution in [0.4, 0.5) is 0 Å². The number of methoxy groups -OCH3 is 1. The van der Waals surface area contributed by atoms with Gasteiger partial charge in [0.1, 0.15) is 5.75 Å². The number of hydrogen-bond donors (Lipinski definition) is 1. The van der Waals surface area contributed by atoms with Crippen LogP contribution < -0.4 is 10.1 Å². The largest absolute Gasteiger partial charge is 0.496 e. The monoisotopic (exact) mass is 235 g/mol. The van der Waals surface area contributed by atoms with Crippen molar-refractivity contribution in [1.29, 1.82) is 0 Å². The molecular weight excluding hydrogens is 210 g/mol. The van der Waals surface area contributed by atoms with E-state index in [1.54, 1.807) is 7.11 Å². The van der Waals surface area contributed by atoms with Crippen LogP contribution in [0.2, 0.25) is 0 Å². The Morgan fingerprint density at radius 2 is 1.94 bits per heavy atom. The summed E-state index contributed by atoms with van der Waals surface area (Å²) in [5.74, 6) is 1.63. The third-order valence-electron chi connectivity index (χ3n) is 2.88. The van der Waals surface area contributed by atoms with Gasteiger partial charge in [0.05, 0.1) is 7.11 Å². The molecule has 0 radical (unpaired) electrons. The molecule has 17 heavy (non-hydrogen) atoms. The number of nitrogens with one attached hydrogen (secondary N) is 1. The summed E-state index contributed by atoms with van der Waals surface area (Å²) in [7, 11) is 1.74. The smallest absolute Gasteiger partial charge is 0.122 e. The lowest BCUT2D eigenvalue weighted by atomic mass is 9.98. The molecule has 1 atom stereocenters. The Bertz CT molecular complexity index is 347. The molecule has 0 aromatic heterocycles. The SMILES string of the molecule is COc1ccc(C)cc1CC(C)CNC(C)C. The summed E-state index contributed by atoms with van der Waals surface area (Å²) in [4.78, 5) is 0. The van der Waals surface area contributed by atoms with E-state index in [-0.39, 0.29) is 0 Å². The van der Waals surface area contributed by atoms with E-state index < -0.39 is 0 Å². The maximum atomic E-state index is 5.41. The molecule has 2 nitrogen and oxygen atoms in total. The van der Waals surface area contributed by atoms with Crippen LogP contribution in [-0.2, 0) is 6.42 Å². The highest BCUT2D eigenvalue weighted by Crippen LogP contribution is 2.22. The molecule has 0 spiro atoms. The first-order chi connectivity index (χ1) is 8.02. The van der Waals surface area contributed by atoms with Crippen LogP contribution in [0.15, 0.2) is 18.2 Å². The normalized spacial score (nSPS) is 12.8. The van der Waals surface area contributed by atoms with E-state index in [1.165, 1.54) is 11.1 Å². The van der Waals surface area contributed by atoms with Crippen molar-refractivity contribution in [3.63, 3.8) is 0 Å². The van der Waals surface area contributed by atoms with Gasteiger partial charge in [0.2, 0.25) is 0 Å². The van der Waals surface area contributed by atoms with Gasteiger partial charge < -0.3 is 10.1 Å². The summed E-state index contributed by atoms with van der Waals surface area (Å²) in [5, 5.41) is 3.48. The molecule has 0 saturated carbocycles. The Labute approximate surface area is 105 Å². The molecule has 1 rings (SSSR count). The average Bonchev–Trinajstić information content (AvgIpc) is 2.27. The van der Waals surface area contributed by atoms with Crippen molar-refractivity contribution < 1.29 is 4.74 Å². The molecule has 1 aromatic carbocycles. The lowest BCUT2D eigenvalue weighted by Gasteiger charge is -2.17. The minimum Gasteiger partial charge on any atom is -0.496 e. The molecule has 0 aliphatic rings. The van der Waals surface area contributed by atoms with E-state index in [2.05, 4.69) is 51.2 Å². The number of benzene rings is 1. The second-order valence-electron chi connectivity index (χ2n) is 5.19. The third kappa shape index (κ3) is 4.78. The topological polar surface area (TPSA) is 21.3 Å². The molecular formula is C15H25NO. The van der Waals surface area contributed by atoms with E-state index in [1.807, 2.05) is 0 Å². The molecule has 0 aliphatic carbocycles. The van der Waals surface area contributed by atoms with Gasteiger partial charge in [-0.15, -0.1) is 0 Å². The lowest BCUT2D eigenvalue weighted by molar-refractivity contribution is 0.402. The van der Waals surface area contributed by atoms with E-state index in [9.17, 15) is 0 Å². The Morgan fingerprint density at radius 3 is 2.53 bits per heavy atom. The summed E-state index contributed by atoms with van der Waals surface area (Å²) < 4.78 is 5.41. The first-order valence-corrected chi connectivity index (χ1v) is 6.39. The van der Waals surface area contributed by atoms with Crippen LogP contribution in [0, 0.1) is 12.8 Å². The number of rotatable bonds is 6. The molecule has 1 unspecified atom stereocenters. The van der Waals surface area contributed by atoms with Gasteiger partial charge in [-0.25, -0.2) is 0 Å². The number of hydrogen-bond acceptors (Lipinski definition) is 2. The first kappa shape index (κ1) is 14.0. The van der Waals surface area contributed by atoms with E-state index in [4.69, 9.17) is 4.74 Å². The quantitative estimate of drug-likeness (QED) is 0.817. The Morgan fingerprint density at radius 1 is 1.24 bits per heavy atom. The van der Waals surface area contributed by atoms with Crippen LogP contribution in [0.5, 0.6) is 5.75 Å². The highest BCUT2D eigenvalue weighted by molar-refractivity contribution is 5.37. The van der Waals surface area contributed by atoms with Crippen LogP contribution in [0.25, 0.3) is 0 Å². The average molecular weight is 235 g/mol. The van der Waals surface area contributed by atoms with Gasteiger partial charge in [0, 0.05) is 6.04 Å². The Hall–Kier alpha value is -1.02. The molecule has 1 aromatic rings. The zero-order valence-corrected chi connectivity index (χ0v) is 11.7. The zero-order valence-electron chi connectivity index (χ0n) is 11.7. The molecule has 2 heteroatoms. The van der Waals surface area contributed by atoms with Crippen LogP contribution >= 0.6 is 0 Å². The zero-order chi connectivity index (χ0) is 12.8. The maximum absolute atomic E-state index is 5.41. The van der Waals surface area contributed by atoms with Crippen molar-refractivity contribution in [2.75, 3.05) is 13.7 Å². The summed E-state index contributed by atoms with van der Waals surface area (Å²) in [6.45, 7) is 9.81. The minimum absolute atomic E-state index is 0.553. The Balaban J connectivity index is 2.63. The molecule has 0 bridgehead atoms. The van der Waals surface area contributed by atoms with Gasteiger partial charge in [-0.2, -0.15) is 0 Å². The number of aryl methyl sites for hydroxylation is 1. The minimum atomic E-state index is 0.553. The summed E-state index contributed by atoms with van der Waals surface area (Å²) >= 11 is 0. The fraction of sp³-hybridized carbons (Fsp3) is 0.600. The van der Waals surface area contributed by atoms with Gasteiger partial charge >= 0.3 is 0 Å². The van der Waals surface area contributed by atoms with Crippen LogP contribution in [0.3, 0.4) is 0 Å². The van der Waals surface area contributed by atoms with Crippen molar-refractivity contribution >= 4 is 0 Å². The van der Waals surface area contributed by atoms with Crippen molar-refractivity contribution in [2.45, 2.75) is 40.2 Å². The van der Waals surface area contributed by atoms with Gasteiger partial charge in [-0.3, -0.25) is 0 Å². The molecule has 0 heterocycles. The predicted octanol–water partition coefficient (Wildman–Crippen LogP) is 3.18. The van der Waals surface area contributed by atoms with Gasteiger partial charge in [0.25, 0.3) is 0 Å². The third-order valence-corrected chi connectivity index (χ3v) is 2.88. The molecule has 0 aliphatic heterocycles. The van der Waals surface area contributed by atoms with E-state index in [0.29, 0.717) is 12.0 Å². The molecule has 0 amide bonds. The van der Waals surface area contributed by atoms with Crippen molar-refractivity contribution in [3.05, 3.63) is 29.3 Å². The molecule has 96 valence electrons. The second kappa shape index (κ2) is 6.65. The summed E-state index contributed by atoms with van der Waals surface area (Å²) in [5.41, 5.74) is 2.61. The van der Waals surface area contributed by atoms with Crippen molar-refractivity contribution in [3.8, 4) is 5.75 Å². The summed E-state index contributed by atoms with van der Waals surface area (Å²) in [6.07, 6.45) is 1.06. The van der Waals surface area contributed by atoms with Gasteiger partial charge in [0.15, 0.2) is 0 Å². The second-order valence-corrected chi connectivity index (χ2v) is 5.19. The van der Waals surface area contributed by atoms with Crippen molar-refractivity contribution in [2.24, 2.45) is 5.92 Å². The fourth-order valence-electron chi connectivity index (χ4n) is 1.95. The van der Waals surface area contributed by atoms with Gasteiger partial charge in [-0.1, -0.05) is 38.5 Å². The molecule has 0 saturated heterocycles. The maximum Gasteiger partial charge on any atom is 0.122 e.